The minimum absolute atomic E-state index is 0.0910. The maximum Gasteiger partial charge on any atom is 0.417 e. The van der Waals surface area contributed by atoms with Gasteiger partial charge in [-0.2, -0.15) is 13.2 Å². The highest BCUT2D eigenvalue weighted by Crippen LogP contribution is 2.30. The fourth-order valence-corrected chi connectivity index (χ4v) is 2.25. The van der Waals surface area contributed by atoms with E-state index in [9.17, 15) is 13.2 Å². The van der Waals surface area contributed by atoms with Crippen molar-refractivity contribution >= 4 is 11.0 Å². The van der Waals surface area contributed by atoms with E-state index >= 15 is 0 Å². The fourth-order valence-electron chi connectivity index (χ4n) is 2.25. The summed E-state index contributed by atoms with van der Waals surface area (Å²) >= 11 is 0. The van der Waals surface area contributed by atoms with Crippen LogP contribution in [0.1, 0.15) is 12.5 Å². The van der Waals surface area contributed by atoms with Crippen LogP contribution in [0, 0.1) is 0 Å². The second-order valence-corrected chi connectivity index (χ2v) is 5.47. The molecule has 0 bridgehead atoms. The van der Waals surface area contributed by atoms with Gasteiger partial charge in [0.25, 0.3) is 0 Å². The molecule has 0 N–H and O–H groups in total. The van der Waals surface area contributed by atoms with Crippen LogP contribution in [0.15, 0.2) is 55.0 Å². The summed E-state index contributed by atoms with van der Waals surface area (Å²) < 4.78 is 45.1. The minimum Gasteiger partial charge on any atom is -0.439 e. The predicted molar refractivity (Wildman–Crippen MR) is 83.9 cm³/mol. The van der Waals surface area contributed by atoms with E-state index in [2.05, 4.69) is 16.5 Å². The number of pyridine rings is 1. The molecule has 2 aromatic heterocycles. The van der Waals surface area contributed by atoms with Gasteiger partial charge in [0.1, 0.15) is 5.75 Å². The SMILES string of the molecule is C=C(C)Cn1cnc2ccc(Oc3ccc(C(F)(F)F)cn3)cc21. The number of hydrogen-bond acceptors (Lipinski definition) is 3. The topological polar surface area (TPSA) is 39.9 Å². The average Bonchev–Trinajstić information content (AvgIpc) is 2.89. The summed E-state index contributed by atoms with van der Waals surface area (Å²) in [5.41, 5.74) is 1.81. The van der Waals surface area contributed by atoms with Gasteiger partial charge in [-0.15, -0.1) is 0 Å². The average molecular weight is 333 g/mol. The first-order chi connectivity index (χ1) is 11.3. The van der Waals surface area contributed by atoms with Crippen molar-refractivity contribution in [2.24, 2.45) is 0 Å². The number of aromatic nitrogens is 3. The van der Waals surface area contributed by atoms with Gasteiger partial charge in [-0.05, 0) is 25.1 Å². The molecular weight excluding hydrogens is 319 g/mol. The first kappa shape index (κ1) is 16.0. The molecule has 3 rings (SSSR count). The molecule has 0 saturated carbocycles. The lowest BCUT2D eigenvalue weighted by atomic mass is 10.2. The van der Waals surface area contributed by atoms with Gasteiger partial charge in [-0.3, -0.25) is 0 Å². The van der Waals surface area contributed by atoms with Crippen molar-refractivity contribution in [1.29, 1.82) is 0 Å². The van der Waals surface area contributed by atoms with E-state index in [0.717, 1.165) is 28.9 Å². The van der Waals surface area contributed by atoms with Crippen molar-refractivity contribution in [3.8, 4) is 11.6 Å². The Balaban J connectivity index is 1.86. The smallest absolute Gasteiger partial charge is 0.417 e. The number of hydrogen-bond donors (Lipinski definition) is 0. The third-order valence-corrected chi connectivity index (χ3v) is 3.32. The van der Waals surface area contributed by atoms with Crippen molar-refractivity contribution in [2.75, 3.05) is 0 Å². The molecule has 0 aliphatic rings. The largest absolute Gasteiger partial charge is 0.439 e. The summed E-state index contributed by atoms with van der Waals surface area (Å²) in [6.07, 6.45) is -1.96. The molecule has 0 aliphatic carbocycles. The molecule has 1 aromatic carbocycles. The third kappa shape index (κ3) is 3.40. The molecule has 0 fully saturated rings. The molecule has 0 amide bonds. The highest BCUT2D eigenvalue weighted by Gasteiger charge is 2.30. The Morgan fingerprint density at radius 2 is 2.00 bits per heavy atom. The third-order valence-electron chi connectivity index (χ3n) is 3.32. The van der Waals surface area contributed by atoms with Crippen LogP contribution in [0.2, 0.25) is 0 Å². The van der Waals surface area contributed by atoms with E-state index in [4.69, 9.17) is 4.74 Å². The van der Waals surface area contributed by atoms with Gasteiger partial charge in [-0.1, -0.05) is 12.2 Å². The summed E-state index contributed by atoms with van der Waals surface area (Å²) in [5.74, 6) is 0.562. The molecule has 124 valence electrons. The van der Waals surface area contributed by atoms with Crippen molar-refractivity contribution < 1.29 is 17.9 Å². The van der Waals surface area contributed by atoms with Crippen molar-refractivity contribution in [1.82, 2.24) is 14.5 Å². The summed E-state index contributed by atoms with van der Waals surface area (Å²) in [6, 6.07) is 7.37. The highest BCUT2D eigenvalue weighted by atomic mass is 19.4. The first-order valence-electron chi connectivity index (χ1n) is 7.13. The Morgan fingerprint density at radius 3 is 2.62 bits per heavy atom. The van der Waals surface area contributed by atoms with E-state index in [1.807, 2.05) is 11.5 Å². The maximum atomic E-state index is 12.5. The van der Waals surface area contributed by atoms with Crippen LogP contribution in [-0.2, 0) is 12.7 Å². The van der Waals surface area contributed by atoms with Crippen LogP contribution < -0.4 is 4.74 Å². The fraction of sp³-hybridized carbons (Fsp3) is 0.176. The van der Waals surface area contributed by atoms with E-state index in [1.54, 1.807) is 24.5 Å². The zero-order valence-corrected chi connectivity index (χ0v) is 12.8. The molecule has 3 aromatic rings. The zero-order valence-electron chi connectivity index (χ0n) is 12.8. The van der Waals surface area contributed by atoms with Gasteiger partial charge in [0, 0.05) is 24.9 Å². The quantitative estimate of drug-likeness (QED) is 0.643. The van der Waals surface area contributed by atoms with Gasteiger partial charge in [-0.25, -0.2) is 9.97 Å². The van der Waals surface area contributed by atoms with Gasteiger partial charge in [0.15, 0.2) is 0 Å². The Hall–Kier alpha value is -2.83. The van der Waals surface area contributed by atoms with Gasteiger partial charge >= 0.3 is 6.18 Å². The number of allylic oxidation sites excluding steroid dienone is 1. The Kier molecular flexibility index (Phi) is 4.01. The molecular formula is C17H14F3N3O. The van der Waals surface area contributed by atoms with E-state index in [1.165, 1.54) is 6.07 Å². The van der Waals surface area contributed by atoms with E-state index in [0.29, 0.717) is 12.3 Å². The second-order valence-electron chi connectivity index (χ2n) is 5.47. The minimum atomic E-state index is -4.42. The predicted octanol–water partition coefficient (Wildman–Crippen LogP) is 4.82. The molecule has 2 heterocycles. The number of nitrogens with zero attached hydrogens (tertiary/aromatic N) is 3. The van der Waals surface area contributed by atoms with Crippen molar-refractivity contribution in [3.05, 3.63) is 60.6 Å². The van der Waals surface area contributed by atoms with Crippen molar-refractivity contribution in [2.45, 2.75) is 19.6 Å². The first-order valence-corrected chi connectivity index (χ1v) is 7.13. The molecule has 24 heavy (non-hydrogen) atoms. The monoisotopic (exact) mass is 333 g/mol. The van der Waals surface area contributed by atoms with Crippen molar-refractivity contribution in [3.63, 3.8) is 0 Å². The second kappa shape index (κ2) is 5.99. The zero-order chi connectivity index (χ0) is 17.3. The standard InChI is InChI=1S/C17H14F3N3O/c1-11(2)9-23-10-22-14-5-4-13(7-15(14)23)24-16-6-3-12(8-21-16)17(18,19)20/h3-8,10H,1,9H2,2H3. The lowest BCUT2D eigenvalue weighted by Crippen LogP contribution is -2.05. The number of imidazole rings is 1. The number of halogens is 3. The molecule has 0 unspecified atom stereocenters. The number of benzene rings is 1. The number of rotatable bonds is 4. The lowest BCUT2D eigenvalue weighted by molar-refractivity contribution is -0.137. The van der Waals surface area contributed by atoms with Gasteiger partial charge < -0.3 is 9.30 Å². The Labute approximate surface area is 136 Å². The maximum absolute atomic E-state index is 12.5. The van der Waals surface area contributed by atoms with E-state index < -0.39 is 11.7 Å². The molecule has 4 nitrogen and oxygen atoms in total. The number of fused-ring (bicyclic) bond motifs is 1. The highest BCUT2D eigenvalue weighted by molar-refractivity contribution is 5.77. The molecule has 7 heteroatoms. The van der Waals surface area contributed by atoms with Crippen LogP contribution >= 0.6 is 0 Å². The Morgan fingerprint density at radius 1 is 1.21 bits per heavy atom. The van der Waals surface area contributed by atoms with Gasteiger partial charge in [0.05, 0.1) is 22.9 Å². The van der Waals surface area contributed by atoms with E-state index in [-0.39, 0.29) is 5.88 Å². The molecule has 0 saturated heterocycles. The summed E-state index contributed by atoms with van der Waals surface area (Å²) in [5, 5.41) is 0. The lowest BCUT2D eigenvalue weighted by Gasteiger charge is -2.09. The summed E-state index contributed by atoms with van der Waals surface area (Å²) in [7, 11) is 0. The van der Waals surface area contributed by atoms with Crippen LogP contribution in [0.4, 0.5) is 13.2 Å². The van der Waals surface area contributed by atoms with Crippen LogP contribution in [0.25, 0.3) is 11.0 Å². The van der Waals surface area contributed by atoms with Crippen LogP contribution in [0.5, 0.6) is 11.6 Å². The summed E-state index contributed by atoms with van der Waals surface area (Å²) in [4.78, 5) is 7.98. The molecule has 0 aliphatic heterocycles. The normalized spacial score (nSPS) is 11.7. The van der Waals surface area contributed by atoms with Crippen LogP contribution in [0.3, 0.4) is 0 Å². The van der Waals surface area contributed by atoms with Gasteiger partial charge in [0.2, 0.25) is 5.88 Å². The molecule has 0 atom stereocenters. The number of alkyl halides is 3. The Bertz CT molecular complexity index is 882. The molecule has 0 spiro atoms. The molecule has 0 radical (unpaired) electrons. The number of ether oxygens (including phenoxy) is 1. The summed E-state index contributed by atoms with van der Waals surface area (Å²) in [6.45, 7) is 6.41. The van der Waals surface area contributed by atoms with Crippen LogP contribution in [-0.4, -0.2) is 14.5 Å².